The first-order valence-corrected chi connectivity index (χ1v) is 4.24. The number of fused-ring (bicyclic) bond motifs is 1. The second kappa shape index (κ2) is 2.75. The van der Waals surface area contributed by atoms with Gasteiger partial charge in [-0.1, -0.05) is 6.07 Å². The predicted octanol–water partition coefficient (Wildman–Crippen LogP) is 0.253. The van der Waals surface area contributed by atoms with Crippen LogP contribution in [0.25, 0.3) is 0 Å². The van der Waals surface area contributed by atoms with E-state index in [0.29, 0.717) is 6.54 Å². The minimum Gasteiger partial charge on any atom is -0.326 e. The number of nitrogens with two attached hydrogens (primary N) is 1. The second-order valence-electron chi connectivity index (χ2n) is 3.10. The van der Waals surface area contributed by atoms with Crippen LogP contribution in [0.15, 0.2) is 16.9 Å². The number of pyridine rings is 1. The Morgan fingerprint density at radius 3 is 3.08 bits per heavy atom. The zero-order chi connectivity index (χ0) is 8.55. The Bertz CT molecular complexity index is 354. The van der Waals surface area contributed by atoms with Crippen LogP contribution in [0, 0.1) is 0 Å². The summed E-state index contributed by atoms with van der Waals surface area (Å²) in [6.07, 6.45) is 2.08. The molecule has 2 N–H and O–H groups in total. The zero-order valence-corrected chi connectivity index (χ0v) is 6.92. The van der Waals surface area contributed by atoms with Crippen molar-refractivity contribution in [1.82, 2.24) is 4.57 Å². The summed E-state index contributed by atoms with van der Waals surface area (Å²) in [7, 11) is 0. The molecule has 0 radical (unpaired) electrons. The largest absolute Gasteiger partial charge is 0.326 e. The maximum atomic E-state index is 11.3. The molecule has 0 saturated heterocycles. The normalized spacial score (nSPS) is 14.8. The summed E-state index contributed by atoms with van der Waals surface area (Å²) in [4.78, 5) is 11.3. The molecule has 2 rings (SSSR count). The van der Waals surface area contributed by atoms with Gasteiger partial charge in [0.2, 0.25) is 0 Å². The van der Waals surface area contributed by atoms with E-state index in [1.165, 1.54) is 0 Å². The van der Waals surface area contributed by atoms with Gasteiger partial charge in [0.05, 0.1) is 0 Å². The molecule has 1 aromatic rings. The highest BCUT2D eigenvalue weighted by Crippen LogP contribution is 2.15. The van der Waals surface area contributed by atoms with Crippen molar-refractivity contribution in [1.29, 1.82) is 0 Å². The molecule has 2 heterocycles. The van der Waals surface area contributed by atoms with Crippen LogP contribution in [0.5, 0.6) is 0 Å². The molecule has 0 unspecified atom stereocenters. The molecule has 3 heteroatoms. The highest BCUT2D eigenvalue weighted by Gasteiger charge is 2.13. The third kappa shape index (κ3) is 0.975. The van der Waals surface area contributed by atoms with E-state index in [4.69, 9.17) is 5.73 Å². The fourth-order valence-corrected chi connectivity index (χ4v) is 1.80. The van der Waals surface area contributed by atoms with E-state index in [1.807, 2.05) is 10.6 Å². The molecule has 0 aliphatic carbocycles. The third-order valence-electron chi connectivity index (χ3n) is 2.40. The molecule has 0 bridgehead atoms. The number of hydrogen-bond acceptors (Lipinski definition) is 2. The maximum absolute atomic E-state index is 11.3. The van der Waals surface area contributed by atoms with Gasteiger partial charge in [-0.15, -0.1) is 0 Å². The van der Waals surface area contributed by atoms with Crippen molar-refractivity contribution in [3.8, 4) is 0 Å². The average molecular weight is 164 g/mol. The number of hydrogen-bond donors (Lipinski definition) is 1. The van der Waals surface area contributed by atoms with Crippen molar-refractivity contribution in [3.63, 3.8) is 0 Å². The summed E-state index contributed by atoms with van der Waals surface area (Å²) in [5, 5.41) is 0. The molecule has 1 aromatic heterocycles. The molecule has 12 heavy (non-hydrogen) atoms. The quantitative estimate of drug-likeness (QED) is 0.647. The zero-order valence-electron chi connectivity index (χ0n) is 6.92. The average Bonchev–Trinajstić information content (AvgIpc) is 2.54. The van der Waals surface area contributed by atoms with Crippen molar-refractivity contribution < 1.29 is 0 Å². The van der Waals surface area contributed by atoms with Crippen LogP contribution < -0.4 is 11.3 Å². The van der Waals surface area contributed by atoms with Crippen molar-refractivity contribution in [2.24, 2.45) is 5.73 Å². The lowest BCUT2D eigenvalue weighted by atomic mass is 10.1. The first-order chi connectivity index (χ1) is 5.83. The Labute approximate surface area is 70.8 Å². The van der Waals surface area contributed by atoms with Gasteiger partial charge < -0.3 is 10.3 Å². The van der Waals surface area contributed by atoms with Crippen LogP contribution in [-0.4, -0.2) is 4.57 Å². The summed E-state index contributed by atoms with van der Waals surface area (Å²) in [5.41, 5.74) is 7.93. The van der Waals surface area contributed by atoms with Gasteiger partial charge in [-0.2, -0.15) is 0 Å². The minimum atomic E-state index is 0.111. The van der Waals surface area contributed by atoms with E-state index in [9.17, 15) is 4.79 Å². The summed E-state index contributed by atoms with van der Waals surface area (Å²) in [6.45, 7) is 1.40. The third-order valence-corrected chi connectivity index (χ3v) is 2.40. The lowest BCUT2D eigenvalue weighted by Crippen LogP contribution is -2.20. The molecule has 1 aliphatic heterocycles. The standard InChI is InChI=1S/C9H12N2O/c10-6-7-3-4-9(12)11-5-1-2-8(7)11/h3-4H,1-2,5-6,10H2. The minimum absolute atomic E-state index is 0.111. The van der Waals surface area contributed by atoms with Gasteiger partial charge >= 0.3 is 0 Å². The van der Waals surface area contributed by atoms with E-state index in [1.54, 1.807) is 6.07 Å². The summed E-state index contributed by atoms with van der Waals surface area (Å²) >= 11 is 0. The van der Waals surface area contributed by atoms with Crippen molar-refractivity contribution in [3.05, 3.63) is 33.7 Å². The summed E-state index contributed by atoms with van der Waals surface area (Å²) in [6, 6.07) is 3.45. The fraction of sp³-hybridized carbons (Fsp3) is 0.444. The van der Waals surface area contributed by atoms with E-state index in [2.05, 4.69) is 0 Å². The first-order valence-electron chi connectivity index (χ1n) is 4.24. The topological polar surface area (TPSA) is 48.0 Å². The Morgan fingerprint density at radius 2 is 2.33 bits per heavy atom. The highest BCUT2D eigenvalue weighted by molar-refractivity contribution is 5.23. The van der Waals surface area contributed by atoms with Gasteiger partial charge in [0.25, 0.3) is 5.56 Å². The number of aromatic nitrogens is 1. The molecule has 0 saturated carbocycles. The molecule has 0 atom stereocenters. The van der Waals surface area contributed by atoms with Crippen LogP contribution in [0.4, 0.5) is 0 Å². The van der Waals surface area contributed by atoms with Crippen LogP contribution in [0.3, 0.4) is 0 Å². The van der Waals surface area contributed by atoms with Crippen molar-refractivity contribution >= 4 is 0 Å². The van der Waals surface area contributed by atoms with Gasteiger partial charge in [-0.05, 0) is 18.4 Å². The molecule has 0 fully saturated rings. The van der Waals surface area contributed by atoms with Gasteiger partial charge in [0.15, 0.2) is 0 Å². The molecule has 0 spiro atoms. The van der Waals surface area contributed by atoms with Crippen molar-refractivity contribution in [2.75, 3.05) is 0 Å². The highest BCUT2D eigenvalue weighted by atomic mass is 16.1. The van der Waals surface area contributed by atoms with Gasteiger partial charge in [0, 0.05) is 24.8 Å². The van der Waals surface area contributed by atoms with E-state index in [0.717, 1.165) is 30.6 Å². The molecular weight excluding hydrogens is 152 g/mol. The van der Waals surface area contributed by atoms with Crippen LogP contribution in [0.2, 0.25) is 0 Å². The van der Waals surface area contributed by atoms with Gasteiger partial charge in [-0.3, -0.25) is 4.79 Å². The summed E-state index contributed by atoms with van der Waals surface area (Å²) in [5.74, 6) is 0. The monoisotopic (exact) mass is 164 g/mol. The Morgan fingerprint density at radius 1 is 1.50 bits per heavy atom. The van der Waals surface area contributed by atoms with Crippen LogP contribution >= 0.6 is 0 Å². The first kappa shape index (κ1) is 7.55. The second-order valence-corrected chi connectivity index (χ2v) is 3.10. The molecule has 0 amide bonds. The Hall–Kier alpha value is -1.09. The fourth-order valence-electron chi connectivity index (χ4n) is 1.80. The van der Waals surface area contributed by atoms with E-state index < -0.39 is 0 Å². The SMILES string of the molecule is NCc1ccc(=O)n2c1CCC2. The molecule has 3 nitrogen and oxygen atoms in total. The maximum Gasteiger partial charge on any atom is 0.250 e. The van der Waals surface area contributed by atoms with E-state index in [-0.39, 0.29) is 5.56 Å². The van der Waals surface area contributed by atoms with E-state index >= 15 is 0 Å². The number of nitrogens with zero attached hydrogens (tertiary/aromatic N) is 1. The van der Waals surface area contributed by atoms with Crippen LogP contribution in [0.1, 0.15) is 17.7 Å². The lowest BCUT2D eigenvalue weighted by Gasteiger charge is -2.06. The molecule has 0 aromatic carbocycles. The Balaban J connectivity index is 2.64. The molecular formula is C9H12N2O. The predicted molar refractivity (Wildman–Crippen MR) is 46.9 cm³/mol. The van der Waals surface area contributed by atoms with Crippen molar-refractivity contribution in [2.45, 2.75) is 25.9 Å². The van der Waals surface area contributed by atoms with Gasteiger partial charge in [-0.25, -0.2) is 0 Å². The lowest BCUT2D eigenvalue weighted by molar-refractivity contribution is 0.717. The van der Waals surface area contributed by atoms with Gasteiger partial charge in [0.1, 0.15) is 0 Å². The smallest absolute Gasteiger partial charge is 0.250 e. The Kier molecular flexibility index (Phi) is 1.73. The number of rotatable bonds is 1. The van der Waals surface area contributed by atoms with Crippen LogP contribution in [-0.2, 0) is 19.5 Å². The summed E-state index contributed by atoms with van der Waals surface area (Å²) < 4.78 is 1.84. The molecule has 1 aliphatic rings. The molecule has 64 valence electrons.